The van der Waals surface area contributed by atoms with E-state index >= 15 is 0 Å². The summed E-state index contributed by atoms with van der Waals surface area (Å²) in [5.41, 5.74) is 8.75. The smallest absolute Gasteiger partial charge is 0.0441 e. The minimum atomic E-state index is 0.787. The molecule has 0 spiro atoms. The maximum atomic E-state index is 5.68. The number of benzene rings is 1. The van der Waals surface area contributed by atoms with Crippen LogP contribution in [0.4, 0.5) is 17.1 Å². The summed E-state index contributed by atoms with van der Waals surface area (Å²) in [6, 6.07) is 11.9. The van der Waals surface area contributed by atoms with Crippen molar-refractivity contribution in [2.45, 2.75) is 6.92 Å². The Balaban J connectivity index is 2.33. The first-order valence-electron chi connectivity index (χ1n) is 5.34. The van der Waals surface area contributed by atoms with Crippen molar-refractivity contribution < 1.29 is 0 Å². The molecule has 3 heteroatoms. The van der Waals surface area contributed by atoms with Crippen molar-refractivity contribution in [3.63, 3.8) is 0 Å². The number of nitrogens with zero attached hydrogens (tertiary/aromatic N) is 2. The minimum Gasteiger partial charge on any atom is -0.399 e. The highest BCUT2D eigenvalue weighted by Crippen LogP contribution is 2.24. The Morgan fingerprint density at radius 2 is 1.56 bits per heavy atom. The van der Waals surface area contributed by atoms with Gasteiger partial charge in [-0.2, -0.15) is 0 Å². The van der Waals surface area contributed by atoms with Gasteiger partial charge in [0.25, 0.3) is 0 Å². The van der Waals surface area contributed by atoms with Crippen molar-refractivity contribution in [1.82, 2.24) is 4.98 Å². The Hall–Kier alpha value is -2.03. The average molecular weight is 213 g/mol. The van der Waals surface area contributed by atoms with Crippen LogP contribution in [-0.2, 0) is 0 Å². The summed E-state index contributed by atoms with van der Waals surface area (Å²) in [7, 11) is 0. The standard InChI is InChI=1S/C13H15N3/c1-2-16(13-7-9-15-10-8-13)12-5-3-11(14)4-6-12/h3-10H,2,14H2,1H3. The van der Waals surface area contributed by atoms with Crippen LogP contribution in [0.2, 0.25) is 0 Å². The zero-order valence-corrected chi connectivity index (χ0v) is 9.30. The van der Waals surface area contributed by atoms with Gasteiger partial charge in [-0.15, -0.1) is 0 Å². The third kappa shape index (κ3) is 2.14. The van der Waals surface area contributed by atoms with Crippen LogP contribution in [0.5, 0.6) is 0 Å². The van der Waals surface area contributed by atoms with Gasteiger partial charge in [-0.05, 0) is 43.3 Å². The van der Waals surface area contributed by atoms with Crippen molar-refractivity contribution in [2.24, 2.45) is 0 Å². The monoisotopic (exact) mass is 213 g/mol. The zero-order valence-electron chi connectivity index (χ0n) is 9.30. The Morgan fingerprint density at radius 1 is 1.00 bits per heavy atom. The third-order valence-corrected chi connectivity index (χ3v) is 2.50. The molecule has 0 aliphatic heterocycles. The lowest BCUT2D eigenvalue weighted by atomic mass is 10.2. The van der Waals surface area contributed by atoms with Crippen molar-refractivity contribution in [2.75, 3.05) is 17.2 Å². The van der Waals surface area contributed by atoms with E-state index in [0.29, 0.717) is 0 Å². The van der Waals surface area contributed by atoms with E-state index < -0.39 is 0 Å². The van der Waals surface area contributed by atoms with Crippen LogP contribution >= 0.6 is 0 Å². The van der Waals surface area contributed by atoms with E-state index in [1.54, 1.807) is 12.4 Å². The van der Waals surface area contributed by atoms with E-state index in [1.165, 1.54) is 0 Å². The quantitative estimate of drug-likeness (QED) is 0.797. The van der Waals surface area contributed by atoms with E-state index in [4.69, 9.17) is 5.73 Å². The van der Waals surface area contributed by atoms with Gasteiger partial charge in [0.2, 0.25) is 0 Å². The zero-order chi connectivity index (χ0) is 11.4. The molecular formula is C13H15N3. The van der Waals surface area contributed by atoms with Gasteiger partial charge in [-0.3, -0.25) is 4.98 Å². The second-order valence-electron chi connectivity index (χ2n) is 3.54. The molecule has 0 saturated heterocycles. The molecule has 0 unspecified atom stereocenters. The number of nitrogen functional groups attached to an aromatic ring is 1. The lowest BCUT2D eigenvalue weighted by molar-refractivity contribution is 1.02. The van der Waals surface area contributed by atoms with Crippen LogP contribution < -0.4 is 10.6 Å². The number of hydrogen-bond donors (Lipinski definition) is 1. The molecule has 1 heterocycles. The summed E-state index contributed by atoms with van der Waals surface area (Å²) >= 11 is 0. The van der Waals surface area contributed by atoms with Crippen LogP contribution in [0.25, 0.3) is 0 Å². The number of pyridine rings is 1. The molecule has 2 N–H and O–H groups in total. The average Bonchev–Trinajstić information content (AvgIpc) is 2.34. The Labute approximate surface area is 95.5 Å². The van der Waals surface area contributed by atoms with E-state index in [1.807, 2.05) is 36.4 Å². The SMILES string of the molecule is CCN(c1ccncc1)c1ccc(N)cc1. The number of anilines is 3. The summed E-state index contributed by atoms with van der Waals surface area (Å²) in [5, 5.41) is 0. The van der Waals surface area contributed by atoms with Gasteiger partial charge in [0, 0.05) is 36.0 Å². The van der Waals surface area contributed by atoms with Gasteiger partial charge >= 0.3 is 0 Å². The van der Waals surface area contributed by atoms with Crippen molar-refractivity contribution >= 4 is 17.1 Å². The summed E-state index contributed by atoms with van der Waals surface area (Å²) in [5.74, 6) is 0. The molecular weight excluding hydrogens is 198 g/mol. The summed E-state index contributed by atoms with van der Waals surface area (Å²) in [6.07, 6.45) is 3.60. The fraction of sp³-hybridized carbons (Fsp3) is 0.154. The molecule has 0 fully saturated rings. The lowest BCUT2D eigenvalue weighted by Crippen LogP contribution is -2.15. The molecule has 82 valence electrons. The van der Waals surface area contributed by atoms with E-state index in [9.17, 15) is 0 Å². The first-order chi connectivity index (χ1) is 7.81. The minimum absolute atomic E-state index is 0.787. The van der Waals surface area contributed by atoms with Crippen molar-refractivity contribution in [3.8, 4) is 0 Å². The predicted molar refractivity (Wildman–Crippen MR) is 67.8 cm³/mol. The molecule has 16 heavy (non-hydrogen) atoms. The van der Waals surface area contributed by atoms with E-state index in [2.05, 4.69) is 16.8 Å². The van der Waals surface area contributed by atoms with Crippen LogP contribution in [-0.4, -0.2) is 11.5 Å². The number of hydrogen-bond acceptors (Lipinski definition) is 3. The van der Waals surface area contributed by atoms with Crippen LogP contribution in [0.15, 0.2) is 48.8 Å². The molecule has 0 atom stereocenters. The first kappa shape index (κ1) is 10.5. The fourth-order valence-corrected chi connectivity index (χ4v) is 1.69. The molecule has 0 saturated carbocycles. The van der Waals surface area contributed by atoms with Gasteiger partial charge in [0.15, 0.2) is 0 Å². The molecule has 0 bridgehead atoms. The lowest BCUT2D eigenvalue weighted by Gasteiger charge is -2.23. The highest BCUT2D eigenvalue weighted by atomic mass is 15.1. The molecule has 0 radical (unpaired) electrons. The van der Waals surface area contributed by atoms with E-state index in [0.717, 1.165) is 23.6 Å². The maximum absolute atomic E-state index is 5.68. The highest BCUT2D eigenvalue weighted by molar-refractivity contribution is 5.64. The second kappa shape index (κ2) is 4.66. The predicted octanol–water partition coefficient (Wildman–Crippen LogP) is 2.82. The number of rotatable bonds is 3. The molecule has 0 amide bonds. The number of nitrogens with two attached hydrogens (primary N) is 1. The van der Waals surface area contributed by atoms with Gasteiger partial charge in [-0.1, -0.05) is 0 Å². The molecule has 2 aromatic rings. The molecule has 1 aromatic heterocycles. The van der Waals surface area contributed by atoms with Gasteiger partial charge in [0.1, 0.15) is 0 Å². The van der Waals surface area contributed by atoms with Crippen molar-refractivity contribution in [3.05, 3.63) is 48.8 Å². The summed E-state index contributed by atoms with van der Waals surface area (Å²) in [6.45, 7) is 3.03. The molecule has 2 rings (SSSR count). The van der Waals surface area contributed by atoms with E-state index in [-0.39, 0.29) is 0 Å². The van der Waals surface area contributed by atoms with Crippen LogP contribution in [0, 0.1) is 0 Å². The van der Waals surface area contributed by atoms with Gasteiger partial charge in [0.05, 0.1) is 0 Å². The largest absolute Gasteiger partial charge is 0.399 e. The molecule has 0 aliphatic carbocycles. The Bertz CT molecular complexity index is 436. The Kier molecular flexibility index (Phi) is 3.05. The first-order valence-corrected chi connectivity index (χ1v) is 5.34. The van der Waals surface area contributed by atoms with Crippen LogP contribution in [0.1, 0.15) is 6.92 Å². The topological polar surface area (TPSA) is 42.2 Å². The second-order valence-corrected chi connectivity index (χ2v) is 3.54. The molecule has 3 nitrogen and oxygen atoms in total. The van der Waals surface area contributed by atoms with Crippen LogP contribution in [0.3, 0.4) is 0 Å². The van der Waals surface area contributed by atoms with Gasteiger partial charge < -0.3 is 10.6 Å². The summed E-state index contributed by atoms with van der Waals surface area (Å²) < 4.78 is 0. The molecule has 0 aliphatic rings. The highest BCUT2D eigenvalue weighted by Gasteiger charge is 2.05. The Morgan fingerprint density at radius 3 is 2.12 bits per heavy atom. The fourth-order valence-electron chi connectivity index (χ4n) is 1.69. The molecule has 1 aromatic carbocycles. The maximum Gasteiger partial charge on any atom is 0.0441 e. The van der Waals surface area contributed by atoms with Crippen molar-refractivity contribution in [1.29, 1.82) is 0 Å². The third-order valence-electron chi connectivity index (χ3n) is 2.50. The normalized spacial score (nSPS) is 10.1. The number of aromatic nitrogens is 1. The van der Waals surface area contributed by atoms with Gasteiger partial charge in [-0.25, -0.2) is 0 Å². The summed E-state index contributed by atoms with van der Waals surface area (Å²) in [4.78, 5) is 6.23.